The van der Waals surface area contributed by atoms with E-state index in [-0.39, 0.29) is 6.09 Å². The van der Waals surface area contributed by atoms with E-state index in [1.165, 1.54) is 0 Å². The van der Waals surface area contributed by atoms with E-state index in [2.05, 4.69) is 53.9 Å². The van der Waals surface area contributed by atoms with Crippen LogP contribution in [0.15, 0.2) is 73.3 Å². The highest BCUT2D eigenvalue weighted by molar-refractivity contribution is 5.92. The first-order valence-electron chi connectivity index (χ1n) is 12.6. The van der Waals surface area contributed by atoms with Crippen molar-refractivity contribution in [3.05, 3.63) is 79.0 Å². The number of amides is 1. The molecule has 0 saturated carbocycles. The van der Waals surface area contributed by atoms with Gasteiger partial charge in [-0.05, 0) is 51.0 Å². The Morgan fingerprint density at radius 3 is 2.68 bits per heavy atom. The monoisotopic (exact) mass is 507 g/mol. The second kappa shape index (κ2) is 9.33. The molecule has 6 rings (SSSR count). The number of H-pyrrole nitrogens is 1. The van der Waals surface area contributed by atoms with Crippen molar-refractivity contribution in [2.45, 2.75) is 32.8 Å². The van der Waals surface area contributed by atoms with Gasteiger partial charge >= 0.3 is 6.09 Å². The zero-order chi connectivity index (χ0) is 26.3. The highest BCUT2D eigenvalue weighted by atomic mass is 16.6. The van der Waals surface area contributed by atoms with Gasteiger partial charge in [0.2, 0.25) is 0 Å². The van der Waals surface area contributed by atoms with E-state index in [0.717, 1.165) is 51.3 Å². The number of hydrogen-bond acceptors (Lipinski definition) is 6. The quantitative estimate of drug-likeness (QED) is 0.308. The number of imidazole rings is 1. The molecule has 0 bridgehead atoms. The number of benzene rings is 1. The van der Waals surface area contributed by atoms with E-state index in [9.17, 15) is 4.79 Å². The van der Waals surface area contributed by atoms with Crippen LogP contribution in [0.3, 0.4) is 0 Å². The summed E-state index contributed by atoms with van der Waals surface area (Å²) in [7, 11) is 0. The Bertz CT molecular complexity index is 1660. The SMILES string of the molecule is CC(C)(C)OC(=O)N1CC=C(c2cc3c(Nc4ccc5ncc(-c6ccccc6)n5c4)ncnc3[nH]2)CC1. The standard InChI is InChI=1S/C29H29N7O2/c1-29(2,3)38-28(37)35-13-11-19(12-14-35)23-15-22-26(31-18-32-27(22)34-23)33-21-9-10-25-30-16-24(36(25)17-21)20-7-5-4-6-8-20/h4-11,15-18H,12-14H2,1-3H3,(H2,31,32,33,34). The lowest BCUT2D eigenvalue weighted by molar-refractivity contribution is 0.0270. The van der Waals surface area contributed by atoms with Crippen molar-refractivity contribution in [1.29, 1.82) is 0 Å². The number of anilines is 2. The number of nitrogens with zero attached hydrogens (tertiary/aromatic N) is 5. The van der Waals surface area contributed by atoms with Crippen LogP contribution in [-0.4, -0.2) is 54.0 Å². The minimum Gasteiger partial charge on any atom is -0.444 e. The van der Waals surface area contributed by atoms with Crippen LogP contribution >= 0.6 is 0 Å². The van der Waals surface area contributed by atoms with Crippen LogP contribution in [0.2, 0.25) is 0 Å². The number of hydrogen-bond donors (Lipinski definition) is 2. The molecule has 5 aromatic rings. The second-order valence-electron chi connectivity index (χ2n) is 10.4. The molecule has 0 fully saturated rings. The molecule has 0 radical (unpaired) electrons. The molecule has 2 N–H and O–H groups in total. The first kappa shape index (κ1) is 23.7. The molecule has 192 valence electrons. The van der Waals surface area contributed by atoms with Crippen LogP contribution < -0.4 is 5.32 Å². The van der Waals surface area contributed by atoms with Crippen LogP contribution in [-0.2, 0) is 4.74 Å². The number of aromatic nitrogens is 5. The smallest absolute Gasteiger partial charge is 0.410 e. The van der Waals surface area contributed by atoms with Gasteiger partial charge in [0, 0.05) is 30.5 Å². The third kappa shape index (κ3) is 4.70. The number of carbonyl (C=O) groups is 1. The Labute approximate surface area is 220 Å². The first-order valence-corrected chi connectivity index (χ1v) is 12.6. The number of aromatic amines is 1. The van der Waals surface area contributed by atoms with Crippen LogP contribution in [0.4, 0.5) is 16.3 Å². The summed E-state index contributed by atoms with van der Waals surface area (Å²) in [5.74, 6) is 0.713. The van der Waals surface area contributed by atoms with Crippen molar-refractivity contribution in [1.82, 2.24) is 29.2 Å². The Morgan fingerprint density at radius 2 is 1.92 bits per heavy atom. The van der Waals surface area contributed by atoms with Crippen molar-refractivity contribution < 1.29 is 9.53 Å². The zero-order valence-corrected chi connectivity index (χ0v) is 21.6. The fourth-order valence-electron chi connectivity index (χ4n) is 4.63. The average molecular weight is 508 g/mol. The molecule has 38 heavy (non-hydrogen) atoms. The molecule has 0 unspecified atom stereocenters. The average Bonchev–Trinajstić information content (AvgIpc) is 3.53. The van der Waals surface area contributed by atoms with Gasteiger partial charge in [-0.1, -0.05) is 36.4 Å². The fourth-order valence-corrected chi connectivity index (χ4v) is 4.63. The van der Waals surface area contributed by atoms with Crippen LogP contribution in [0, 0.1) is 0 Å². The number of ether oxygens (including phenoxy) is 1. The van der Waals surface area contributed by atoms with E-state index in [1.54, 1.807) is 11.2 Å². The van der Waals surface area contributed by atoms with E-state index < -0.39 is 5.60 Å². The first-order chi connectivity index (χ1) is 18.3. The third-order valence-electron chi connectivity index (χ3n) is 6.47. The molecule has 1 aliphatic heterocycles. The lowest BCUT2D eigenvalue weighted by atomic mass is 10.1. The fraction of sp³-hybridized carbons (Fsp3) is 0.241. The zero-order valence-electron chi connectivity index (χ0n) is 21.6. The van der Waals surface area contributed by atoms with Crippen molar-refractivity contribution in [2.75, 3.05) is 18.4 Å². The second-order valence-corrected chi connectivity index (χ2v) is 10.4. The van der Waals surface area contributed by atoms with Gasteiger partial charge in [0.05, 0.1) is 23.0 Å². The van der Waals surface area contributed by atoms with Gasteiger partial charge in [0.15, 0.2) is 0 Å². The minimum atomic E-state index is -0.508. The largest absolute Gasteiger partial charge is 0.444 e. The van der Waals surface area contributed by atoms with Crippen molar-refractivity contribution in [3.8, 4) is 11.3 Å². The summed E-state index contributed by atoms with van der Waals surface area (Å²) in [5, 5.41) is 4.35. The van der Waals surface area contributed by atoms with E-state index in [1.807, 2.05) is 63.5 Å². The van der Waals surface area contributed by atoms with E-state index >= 15 is 0 Å². The van der Waals surface area contributed by atoms with E-state index in [4.69, 9.17) is 4.74 Å². The van der Waals surface area contributed by atoms with Gasteiger partial charge in [0.1, 0.15) is 29.0 Å². The van der Waals surface area contributed by atoms with Gasteiger partial charge in [-0.15, -0.1) is 0 Å². The molecule has 0 spiro atoms. The molecule has 0 aliphatic carbocycles. The van der Waals surface area contributed by atoms with Gasteiger partial charge in [-0.3, -0.25) is 4.40 Å². The maximum atomic E-state index is 12.4. The normalized spacial score (nSPS) is 14.1. The summed E-state index contributed by atoms with van der Waals surface area (Å²) in [6.07, 6.45) is 7.97. The van der Waals surface area contributed by atoms with Gasteiger partial charge < -0.3 is 19.9 Å². The van der Waals surface area contributed by atoms with Crippen LogP contribution in [0.1, 0.15) is 32.9 Å². The van der Waals surface area contributed by atoms with E-state index in [0.29, 0.717) is 18.9 Å². The minimum absolute atomic E-state index is 0.285. The highest BCUT2D eigenvalue weighted by Gasteiger charge is 2.24. The summed E-state index contributed by atoms with van der Waals surface area (Å²) < 4.78 is 7.58. The summed E-state index contributed by atoms with van der Waals surface area (Å²) in [5.41, 5.74) is 6.24. The number of nitrogens with one attached hydrogen (secondary N) is 2. The Morgan fingerprint density at radius 1 is 1.08 bits per heavy atom. The molecule has 4 aromatic heterocycles. The molecular weight excluding hydrogens is 478 g/mol. The van der Waals surface area contributed by atoms with Crippen LogP contribution in [0.5, 0.6) is 0 Å². The van der Waals surface area contributed by atoms with Crippen molar-refractivity contribution in [3.63, 3.8) is 0 Å². The maximum absolute atomic E-state index is 12.4. The highest BCUT2D eigenvalue weighted by Crippen LogP contribution is 2.30. The summed E-state index contributed by atoms with van der Waals surface area (Å²) in [6.45, 7) is 6.74. The molecule has 1 aliphatic rings. The molecule has 9 heteroatoms. The molecule has 9 nitrogen and oxygen atoms in total. The Kier molecular flexibility index (Phi) is 5.83. The molecule has 1 amide bonds. The number of rotatable bonds is 4. The predicted molar refractivity (Wildman–Crippen MR) is 148 cm³/mol. The lowest BCUT2D eigenvalue weighted by Crippen LogP contribution is -2.39. The van der Waals surface area contributed by atoms with Gasteiger partial charge in [0.25, 0.3) is 0 Å². The third-order valence-corrected chi connectivity index (χ3v) is 6.47. The van der Waals surface area contributed by atoms with Crippen LogP contribution in [0.25, 0.3) is 33.5 Å². The van der Waals surface area contributed by atoms with Gasteiger partial charge in [-0.2, -0.15) is 0 Å². The molecular formula is C29H29N7O2. The molecule has 1 aromatic carbocycles. The predicted octanol–water partition coefficient (Wildman–Crippen LogP) is 6.04. The molecule has 0 atom stereocenters. The number of carbonyl (C=O) groups excluding carboxylic acids is 1. The van der Waals surface area contributed by atoms with Gasteiger partial charge in [-0.25, -0.2) is 19.7 Å². The topological polar surface area (TPSA) is 100 Å². The Hall–Kier alpha value is -4.66. The van der Waals surface area contributed by atoms with Crippen molar-refractivity contribution >= 4 is 39.9 Å². The number of pyridine rings is 1. The number of fused-ring (bicyclic) bond motifs is 2. The summed E-state index contributed by atoms with van der Waals surface area (Å²) in [4.78, 5) is 31.1. The van der Waals surface area contributed by atoms with Crippen molar-refractivity contribution in [2.24, 2.45) is 0 Å². The molecule has 5 heterocycles. The summed E-state index contributed by atoms with van der Waals surface area (Å²) in [6, 6.07) is 16.2. The molecule has 0 saturated heterocycles. The maximum Gasteiger partial charge on any atom is 0.410 e. The Balaban J connectivity index is 1.25. The summed E-state index contributed by atoms with van der Waals surface area (Å²) >= 11 is 0. The lowest BCUT2D eigenvalue weighted by Gasteiger charge is -2.29.